The van der Waals surface area contributed by atoms with Crippen LogP contribution in [0.25, 0.3) is 0 Å². The summed E-state index contributed by atoms with van der Waals surface area (Å²) in [7, 11) is -3.67. The first-order valence-electron chi connectivity index (χ1n) is 6.71. The number of halogens is 1. The zero-order valence-electron chi connectivity index (χ0n) is 12.1. The van der Waals surface area contributed by atoms with Crippen LogP contribution in [0.15, 0.2) is 11.0 Å². The van der Waals surface area contributed by atoms with Gasteiger partial charge in [0.05, 0.1) is 10.6 Å². The Morgan fingerprint density at radius 1 is 1.40 bits per heavy atom. The number of anilines is 1. The molecule has 3 N–H and O–H groups in total. The number of rotatable bonds is 4. The summed E-state index contributed by atoms with van der Waals surface area (Å²) >= 11 is 0. The van der Waals surface area contributed by atoms with Crippen molar-refractivity contribution in [2.24, 2.45) is 5.41 Å². The third-order valence-electron chi connectivity index (χ3n) is 4.22. The molecule has 1 fully saturated rings. The van der Waals surface area contributed by atoms with E-state index in [0.717, 1.165) is 19.3 Å². The third-order valence-corrected chi connectivity index (χ3v) is 5.91. The lowest BCUT2D eigenvalue weighted by Crippen LogP contribution is -2.40. The summed E-state index contributed by atoms with van der Waals surface area (Å²) in [5.74, 6) is -0.579. The quantitative estimate of drug-likeness (QED) is 0.839. The molecule has 1 saturated carbocycles. The molecule has 0 aliphatic heterocycles. The van der Waals surface area contributed by atoms with E-state index in [2.05, 4.69) is 11.6 Å². The predicted molar refractivity (Wildman–Crippen MR) is 77.4 cm³/mol. The molecule has 0 saturated heterocycles. The first kappa shape index (κ1) is 15.3. The SMILES string of the molecule is Cc1cc(F)c(N)c(C)c1S(=O)(=O)NCC1(C)CCC1. The predicted octanol–water partition coefficient (Wildman–Crippen LogP) is 2.49. The summed E-state index contributed by atoms with van der Waals surface area (Å²) in [4.78, 5) is 0.0966. The maximum Gasteiger partial charge on any atom is 0.241 e. The van der Waals surface area contributed by atoms with Crippen LogP contribution in [0, 0.1) is 25.1 Å². The van der Waals surface area contributed by atoms with Crippen LogP contribution in [-0.2, 0) is 10.0 Å². The van der Waals surface area contributed by atoms with Crippen molar-refractivity contribution in [3.8, 4) is 0 Å². The fourth-order valence-corrected chi connectivity index (χ4v) is 4.32. The van der Waals surface area contributed by atoms with Crippen molar-refractivity contribution in [3.63, 3.8) is 0 Å². The van der Waals surface area contributed by atoms with Crippen LogP contribution in [0.4, 0.5) is 10.1 Å². The second kappa shape index (κ2) is 5.00. The normalized spacial score (nSPS) is 17.8. The number of nitrogen functional groups attached to an aromatic ring is 1. The van der Waals surface area contributed by atoms with E-state index in [1.54, 1.807) is 6.92 Å². The highest BCUT2D eigenvalue weighted by atomic mass is 32.2. The van der Waals surface area contributed by atoms with E-state index in [-0.39, 0.29) is 21.6 Å². The van der Waals surface area contributed by atoms with Crippen molar-refractivity contribution < 1.29 is 12.8 Å². The lowest BCUT2D eigenvalue weighted by molar-refractivity contribution is 0.166. The molecule has 6 heteroatoms. The molecule has 0 amide bonds. The molecular weight excluding hydrogens is 279 g/mol. The Hall–Kier alpha value is -1.14. The van der Waals surface area contributed by atoms with Gasteiger partial charge in [0.1, 0.15) is 5.82 Å². The van der Waals surface area contributed by atoms with E-state index in [4.69, 9.17) is 5.73 Å². The van der Waals surface area contributed by atoms with Crippen molar-refractivity contribution in [3.05, 3.63) is 23.0 Å². The van der Waals surface area contributed by atoms with Gasteiger partial charge in [-0.1, -0.05) is 13.3 Å². The number of hydrogen-bond donors (Lipinski definition) is 2. The largest absolute Gasteiger partial charge is 0.396 e. The molecule has 0 heterocycles. The first-order chi connectivity index (χ1) is 9.16. The highest BCUT2D eigenvalue weighted by Gasteiger charge is 2.33. The summed E-state index contributed by atoms with van der Waals surface area (Å²) in [6.07, 6.45) is 3.19. The van der Waals surface area contributed by atoms with Gasteiger partial charge in [0.2, 0.25) is 10.0 Å². The summed E-state index contributed by atoms with van der Waals surface area (Å²) < 4.78 is 41.0. The number of nitrogens with one attached hydrogen (secondary N) is 1. The van der Waals surface area contributed by atoms with E-state index in [0.29, 0.717) is 12.1 Å². The molecule has 0 spiro atoms. The molecule has 112 valence electrons. The Bertz CT molecular complexity index is 637. The van der Waals surface area contributed by atoms with Crippen LogP contribution >= 0.6 is 0 Å². The van der Waals surface area contributed by atoms with Gasteiger partial charge >= 0.3 is 0 Å². The Labute approximate surface area is 119 Å². The molecule has 1 aliphatic rings. The van der Waals surface area contributed by atoms with Crippen LogP contribution in [0.2, 0.25) is 0 Å². The maximum atomic E-state index is 13.5. The Kier molecular flexibility index (Phi) is 3.81. The van der Waals surface area contributed by atoms with Crippen LogP contribution < -0.4 is 10.5 Å². The van der Waals surface area contributed by atoms with E-state index < -0.39 is 15.8 Å². The van der Waals surface area contributed by atoms with Crippen molar-refractivity contribution in [2.45, 2.75) is 44.9 Å². The van der Waals surface area contributed by atoms with Crippen molar-refractivity contribution in [2.75, 3.05) is 12.3 Å². The van der Waals surface area contributed by atoms with E-state index in [1.165, 1.54) is 13.0 Å². The van der Waals surface area contributed by atoms with Crippen molar-refractivity contribution in [1.29, 1.82) is 0 Å². The minimum atomic E-state index is -3.67. The van der Waals surface area contributed by atoms with E-state index >= 15 is 0 Å². The summed E-state index contributed by atoms with van der Waals surface area (Å²) in [5.41, 5.74) is 6.18. The standard InChI is InChI=1S/C14H21FN2O2S/c1-9-7-11(15)12(16)10(2)13(9)20(18,19)17-8-14(3)5-4-6-14/h7,17H,4-6,8,16H2,1-3H3. The van der Waals surface area contributed by atoms with Crippen LogP contribution in [-0.4, -0.2) is 15.0 Å². The third kappa shape index (κ3) is 2.67. The van der Waals surface area contributed by atoms with Crippen LogP contribution in [0.5, 0.6) is 0 Å². The topological polar surface area (TPSA) is 72.2 Å². The van der Waals surface area contributed by atoms with Gasteiger partial charge < -0.3 is 5.73 Å². The van der Waals surface area contributed by atoms with Gasteiger partial charge in [-0.25, -0.2) is 17.5 Å². The molecule has 1 aromatic rings. The zero-order chi connectivity index (χ0) is 15.1. The number of hydrogen-bond acceptors (Lipinski definition) is 3. The van der Waals surface area contributed by atoms with Gasteiger partial charge in [-0.15, -0.1) is 0 Å². The molecule has 0 radical (unpaired) electrons. The minimum Gasteiger partial charge on any atom is -0.396 e. The second-order valence-electron chi connectivity index (χ2n) is 6.03. The highest BCUT2D eigenvalue weighted by molar-refractivity contribution is 7.89. The molecular formula is C14H21FN2O2S. The minimum absolute atomic E-state index is 0.0421. The smallest absolute Gasteiger partial charge is 0.241 e. The highest BCUT2D eigenvalue weighted by Crippen LogP contribution is 2.40. The maximum absolute atomic E-state index is 13.5. The lowest BCUT2D eigenvalue weighted by atomic mass is 9.71. The fourth-order valence-electron chi connectivity index (χ4n) is 2.64. The van der Waals surface area contributed by atoms with Crippen molar-refractivity contribution in [1.82, 2.24) is 4.72 Å². The molecule has 0 atom stereocenters. The molecule has 0 aromatic heterocycles. The van der Waals surface area contributed by atoms with Gasteiger partial charge in [-0.3, -0.25) is 0 Å². The summed E-state index contributed by atoms with van der Waals surface area (Å²) in [5, 5.41) is 0. The first-order valence-corrected chi connectivity index (χ1v) is 8.19. The van der Waals surface area contributed by atoms with E-state index in [1.807, 2.05) is 0 Å². The number of aryl methyl sites for hydroxylation is 1. The molecule has 4 nitrogen and oxygen atoms in total. The van der Waals surface area contributed by atoms with Gasteiger partial charge in [-0.05, 0) is 49.3 Å². The average molecular weight is 300 g/mol. The zero-order valence-corrected chi connectivity index (χ0v) is 12.9. The molecule has 1 aromatic carbocycles. The number of nitrogens with two attached hydrogens (primary N) is 1. The van der Waals surface area contributed by atoms with Gasteiger partial charge in [0.25, 0.3) is 0 Å². The van der Waals surface area contributed by atoms with Gasteiger partial charge in [0, 0.05) is 6.54 Å². The Morgan fingerprint density at radius 3 is 2.50 bits per heavy atom. The Morgan fingerprint density at radius 2 is 2.00 bits per heavy atom. The van der Waals surface area contributed by atoms with Gasteiger partial charge in [0.15, 0.2) is 0 Å². The molecule has 0 unspecified atom stereocenters. The lowest BCUT2D eigenvalue weighted by Gasteiger charge is -2.38. The van der Waals surface area contributed by atoms with E-state index in [9.17, 15) is 12.8 Å². The number of sulfonamides is 1. The molecule has 1 aliphatic carbocycles. The average Bonchev–Trinajstić information content (AvgIpc) is 2.31. The van der Waals surface area contributed by atoms with Gasteiger partial charge in [-0.2, -0.15) is 0 Å². The number of benzene rings is 1. The monoisotopic (exact) mass is 300 g/mol. The van der Waals surface area contributed by atoms with Crippen LogP contribution in [0.3, 0.4) is 0 Å². The Balaban J connectivity index is 2.32. The van der Waals surface area contributed by atoms with Crippen LogP contribution in [0.1, 0.15) is 37.3 Å². The van der Waals surface area contributed by atoms with Crippen molar-refractivity contribution >= 4 is 15.7 Å². The summed E-state index contributed by atoms with van der Waals surface area (Å²) in [6.45, 7) is 5.59. The molecule has 0 bridgehead atoms. The molecule has 20 heavy (non-hydrogen) atoms. The fraction of sp³-hybridized carbons (Fsp3) is 0.571. The summed E-state index contributed by atoms with van der Waals surface area (Å²) in [6, 6.07) is 1.17. The molecule has 2 rings (SSSR count). The second-order valence-corrected chi connectivity index (χ2v) is 7.74.